The Morgan fingerprint density at radius 1 is 0.614 bits per heavy atom. The number of carbonyl (C=O) groups is 3. The minimum absolute atomic E-state index is 0.0978. The molecule has 4 heterocycles. The van der Waals surface area contributed by atoms with Gasteiger partial charge in [0.25, 0.3) is 0 Å². The molecule has 4 aromatic carbocycles. The summed E-state index contributed by atoms with van der Waals surface area (Å²) in [7, 11) is 0. The Kier molecular flexibility index (Phi) is 10.6. The van der Waals surface area contributed by atoms with E-state index in [-0.39, 0.29) is 23.8 Å². The molecule has 4 aromatic rings. The molecule has 57 heavy (non-hydrogen) atoms. The first-order valence-corrected chi connectivity index (χ1v) is 21.1. The predicted octanol–water partition coefficient (Wildman–Crippen LogP) is 6.73. The highest BCUT2D eigenvalue weighted by molar-refractivity contribution is 6.05. The molecule has 1 aliphatic carbocycles. The summed E-state index contributed by atoms with van der Waals surface area (Å²) in [6, 6.07) is 34.2. The van der Waals surface area contributed by atoms with Gasteiger partial charge in [0.05, 0.1) is 0 Å². The lowest BCUT2D eigenvalue weighted by Gasteiger charge is -2.44. The van der Waals surface area contributed by atoms with Crippen molar-refractivity contribution in [2.75, 3.05) is 73.6 Å². The van der Waals surface area contributed by atoms with Gasteiger partial charge in [-0.05, 0) is 115 Å². The minimum atomic E-state index is -0.355. The van der Waals surface area contributed by atoms with Gasteiger partial charge in [-0.1, -0.05) is 48.5 Å². The summed E-state index contributed by atoms with van der Waals surface area (Å²) in [5.41, 5.74) is 8.43. The third-order valence-electron chi connectivity index (χ3n) is 13.5. The van der Waals surface area contributed by atoms with Crippen molar-refractivity contribution >= 4 is 34.9 Å². The number of aromatic hydroxyl groups is 1. The Balaban J connectivity index is 0.745. The van der Waals surface area contributed by atoms with Crippen molar-refractivity contribution in [3.63, 3.8) is 0 Å². The van der Waals surface area contributed by atoms with Crippen LogP contribution >= 0.6 is 0 Å². The van der Waals surface area contributed by atoms with E-state index in [0.717, 1.165) is 102 Å². The normalized spacial score (nSPS) is 22.7. The van der Waals surface area contributed by atoms with Gasteiger partial charge in [-0.15, -0.1) is 0 Å². The second kappa shape index (κ2) is 16.3. The number of amides is 4. The second-order valence-electron chi connectivity index (χ2n) is 16.6. The average Bonchev–Trinajstić information content (AvgIpc) is 3.26. The first kappa shape index (κ1) is 37.2. The van der Waals surface area contributed by atoms with E-state index < -0.39 is 0 Å². The number of nitrogens with zero attached hydrogens (tertiary/aromatic N) is 5. The van der Waals surface area contributed by atoms with E-state index >= 15 is 0 Å². The lowest BCUT2D eigenvalue weighted by Crippen LogP contribution is -2.54. The highest BCUT2D eigenvalue weighted by Crippen LogP contribution is 2.47. The molecule has 4 aliphatic heterocycles. The lowest BCUT2D eigenvalue weighted by atomic mass is 9.69. The van der Waals surface area contributed by atoms with Crippen molar-refractivity contribution in [1.82, 2.24) is 15.1 Å². The van der Waals surface area contributed by atoms with Crippen LogP contribution < -0.4 is 20.0 Å². The SMILES string of the molecule is O=C1CCN(c2ccc(N3CCN(C4CCN(C(=O)C5CCN(c6ccc([C@@H]7c8ccc(O)cc8CC[C@@H]7c7ccccc7)cc6)CC5)CC4)CC3)cc2)C(=O)N1. The summed E-state index contributed by atoms with van der Waals surface area (Å²) in [4.78, 5) is 48.8. The number of urea groups is 1. The molecule has 0 bridgehead atoms. The van der Waals surface area contributed by atoms with Crippen molar-refractivity contribution < 1.29 is 19.5 Å². The summed E-state index contributed by atoms with van der Waals surface area (Å²) in [6.45, 7) is 7.79. The first-order valence-electron chi connectivity index (χ1n) is 21.1. The number of piperazine rings is 1. The van der Waals surface area contributed by atoms with Gasteiger partial charge < -0.3 is 19.8 Å². The van der Waals surface area contributed by atoms with E-state index in [1.54, 1.807) is 4.90 Å². The number of piperidine rings is 2. The van der Waals surface area contributed by atoms with Gasteiger partial charge in [-0.2, -0.15) is 0 Å². The van der Waals surface area contributed by atoms with Crippen LogP contribution in [0, 0.1) is 5.92 Å². The maximum atomic E-state index is 13.8. The second-order valence-corrected chi connectivity index (χ2v) is 16.6. The van der Waals surface area contributed by atoms with E-state index in [9.17, 15) is 19.5 Å². The fourth-order valence-electron chi connectivity index (χ4n) is 10.3. The van der Waals surface area contributed by atoms with Gasteiger partial charge in [-0.3, -0.25) is 24.7 Å². The van der Waals surface area contributed by atoms with Crippen molar-refractivity contribution in [3.8, 4) is 5.75 Å². The summed E-state index contributed by atoms with van der Waals surface area (Å²) < 4.78 is 0. The molecule has 10 heteroatoms. The third-order valence-corrected chi connectivity index (χ3v) is 13.5. The number of anilines is 3. The standard InChI is InChI=1S/C47H54N6O4/c54-41-15-17-43-36(32-41)8-16-42(33-4-2-1-3-5-33)45(43)34-6-9-37(10-7-34)49-23-18-35(19-24-49)46(56)52-25-20-39(21-26-52)51-30-28-50(29-31-51)38-11-13-40(14-12-38)53-27-22-44(55)48-47(53)57/h1-7,9-15,17,32,35,39,42,45,54H,8,16,18-31H2,(H,48,55,57)/t42-,45+/m1/s1. The molecule has 4 fully saturated rings. The molecule has 0 spiro atoms. The van der Waals surface area contributed by atoms with E-state index in [4.69, 9.17) is 0 Å². The number of hydrogen-bond donors (Lipinski definition) is 2. The predicted molar refractivity (Wildman–Crippen MR) is 224 cm³/mol. The molecule has 2 N–H and O–H groups in total. The van der Waals surface area contributed by atoms with Crippen LogP contribution in [0.2, 0.25) is 0 Å². The summed E-state index contributed by atoms with van der Waals surface area (Å²) in [6.07, 6.45) is 6.19. The van der Waals surface area contributed by atoms with Crippen LogP contribution in [0.5, 0.6) is 5.75 Å². The molecule has 4 saturated heterocycles. The number of rotatable bonds is 7. The summed E-state index contributed by atoms with van der Waals surface area (Å²) in [5.74, 6) is 1.18. The van der Waals surface area contributed by atoms with E-state index in [1.807, 2.05) is 24.3 Å². The summed E-state index contributed by atoms with van der Waals surface area (Å²) >= 11 is 0. The maximum absolute atomic E-state index is 13.8. The number of nitrogens with one attached hydrogen (secondary N) is 1. The van der Waals surface area contributed by atoms with Crippen LogP contribution in [0.25, 0.3) is 0 Å². The number of hydrogen-bond acceptors (Lipinski definition) is 7. The van der Waals surface area contributed by atoms with Crippen LogP contribution in [0.3, 0.4) is 0 Å². The molecule has 0 aromatic heterocycles. The number of likely N-dealkylation sites (tertiary alicyclic amines) is 1. The van der Waals surface area contributed by atoms with Crippen LogP contribution in [0.1, 0.15) is 72.6 Å². The molecule has 0 radical (unpaired) electrons. The zero-order chi connectivity index (χ0) is 38.9. The first-order chi connectivity index (χ1) is 27.9. The molecule has 10 nitrogen and oxygen atoms in total. The van der Waals surface area contributed by atoms with Crippen LogP contribution in [0.4, 0.5) is 21.9 Å². The molecule has 4 amide bonds. The molecule has 5 aliphatic rings. The maximum Gasteiger partial charge on any atom is 0.328 e. The largest absolute Gasteiger partial charge is 0.508 e. The number of carbonyl (C=O) groups excluding carboxylic acids is 3. The van der Waals surface area contributed by atoms with Gasteiger partial charge >= 0.3 is 6.03 Å². The zero-order valence-electron chi connectivity index (χ0n) is 32.8. The molecule has 9 rings (SSSR count). The number of aryl methyl sites for hydroxylation is 1. The van der Waals surface area contributed by atoms with E-state index in [1.165, 1.54) is 27.9 Å². The zero-order valence-corrected chi connectivity index (χ0v) is 32.8. The number of phenolic OH excluding ortho intramolecular Hbond substituents is 1. The molecular formula is C47H54N6O4. The van der Waals surface area contributed by atoms with E-state index in [2.05, 4.69) is 97.7 Å². The van der Waals surface area contributed by atoms with Crippen molar-refractivity contribution in [1.29, 1.82) is 0 Å². The van der Waals surface area contributed by atoms with Gasteiger partial charge in [0, 0.05) is 100 Å². The topological polar surface area (TPSA) is 99.7 Å². The van der Waals surface area contributed by atoms with Gasteiger partial charge in [0.2, 0.25) is 11.8 Å². The van der Waals surface area contributed by atoms with Crippen molar-refractivity contribution in [2.24, 2.45) is 5.92 Å². The number of benzene rings is 4. The average molecular weight is 767 g/mol. The van der Waals surface area contributed by atoms with Gasteiger partial charge in [-0.25, -0.2) is 4.79 Å². The minimum Gasteiger partial charge on any atom is -0.508 e. The highest BCUT2D eigenvalue weighted by Gasteiger charge is 2.35. The molecular weight excluding hydrogens is 713 g/mol. The fourth-order valence-corrected chi connectivity index (χ4v) is 10.3. The number of imide groups is 1. The Hall–Kier alpha value is -5.35. The molecule has 296 valence electrons. The smallest absolute Gasteiger partial charge is 0.328 e. The van der Waals surface area contributed by atoms with Crippen LogP contribution in [-0.2, 0) is 16.0 Å². The molecule has 0 saturated carbocycles. The summed E-state index contributed by atoms with van der Waals surface area (Å²) in [5, 5.41) is 12.6. The fraction of sp³-hybridized carbons (Fsp3) is 0.426. The molecule has 0 unspecified atom stereocenters. The van der Waals surface area contributed by atoms with Gasteiger partial charge in [0.1, 0.15) is 5.75 Å². The van der Waals surface area contributed by atoms with Gasteiger partial charge in [0.15, 0.2) is 0 Å². The third kappa shape index (κ3) is 7.84. The van der Waals surface area contributed by atoms with Crippen molar-refractivity contribution in [3.05, 3.63) is 119 Å². The van der Waals surface area contributed by atoms with Crippen LogP contribution in [0.15, 0.2) is 97.1 Å². The number of phenols is 1. The number of fused-ring (bicyclic) bond motifs is 1. The van der Waals surface area contributed by atoms with E-state index in [0.29, 0.717) is 36.6 Å². The van der Waals surface area contributed by atoms with Crippen molar-refractivity contribution in [2.45, 2.75) is 62.8 Å². The Bertz CT molecular complexity index is 2050. The quantitative estimate of drug-likeness (QED) is 0.215. The highest BCUT2D eigenvalue weighted by atomic mass is 16.3. The Morgan fingerprint density at radius 2 is 1.26 bits per heavy atom. The monoisotopic (exact) mass is 766 g/mol. The van der Waals surface area contributed by atoms with Crippen LogP contribution in [-0.4, -0.2) is 97.7 Å². The Labute approximate surface area is 336 Å². The lowest BCUT2D eigenvalue weighted by molar-refractivity contribution is -0.137. The molecule has 2 atom stereocenters. The Morgan fingerprint density at radius 3 is 1.95 bits per heavy atom.